The van der Waals surface area contributed by atoms with E-state index in [9.17, 15) is 13.6 Å². The quantitative estimate of drug-likeness (QED) is 0.926. The summed E-state index contributed by atoms with van der Waals surface area (Å²) in [5.74, 6) is -0.217. The fraction of sp³-hybridized carbons (Fsp3) is 0.300. The van der Waals surface area contributed by atoms with Crippen molar-refractivity contribution in [2.45, 2.75) is 13.3 Å². The third kappa shape index (κ3) is 2.54. The molecule has 0 aromatic carbocycles. The lowest BCUT2D eigenvalue weighted by Crippen LogP contribution is -2.31. The smallest absolute Gasteiger partial charge is 0.267 e. The van der Waals surface area contributed by atoms with Crippen molar-refractivity contribution >= 4 is 33.2 Å². The molecule has 0 aliphatic carbocycles. The minimum Gasteiger partial charge on any atom is -0.293 e. The van der Waals surface area contributed by atoms with Crippen LogP contribution in [0.5, 0.6) is 0 Å². The minimum absolute atomic E-state index is 0.00977. The number of aromatic nitrogens is 1. The molecule has 0 fully saturated rings. The third-order valence-electron chi connectivity index (χ3n) is 2.32. The standard InChI is InChI=1S/C10H9BrF2N4O/c1-5(18)8-4-15-17(16-8)10-7(9(12)13)2-6(11)3-14-10/h2-3,9,15H,4H2,1H3. The van der Waals surface area contributed by atoms with Gasteiger partial charge in [-0.1, -0.05) is 0 Å². The van der Waals surface area contributed by atoms with E-state index >= 15 is 0 Å². The second kappa shape index (κ2) is 5.07. The highest BCUT2D eigenvalue weighted by atomic mass is 79.9. The van der Waals surface area contributed by atoms with Crippen LogP contribution in [0.15, 0.2) is 21.8 Å². The molecule has 0 saturated carbocycles. The van der Waals surface area contributed by atoms with Crippen LogP contribution >= 0.6 is 15.9 Å². The number of ketones is 1. The molecule has 1 aliphatic rings. The van der Waals surface area contributed by atoms with E-state index in [1.54, 1.807) is 0 Å². The Labute approximate surface area is 110 Å². The Hall–Kier alpha value is -1.41. The zero-order valence-electron chi connectivity index (χ0n) is 9.32. The highest BCUT2D eigenvalue weighted by molar-refractivity contribution is 9.10. The molecule has 0 unspecified atom stereocenters. The molecule has 8 heteroatoms. The summed E-state index contributed by atoms with van der Waals surface area (Å²) >= 11 is 3.08. The highest BCUT2D eigenvalue weighted by Crippen LogP contribution is 2.30. The predicted molar refractivity (Wildman–Crippen MR) is 65.5 cm³/mol. The Kier molecular flexibility index (Phi) is 3.67. The van der Waals surface area contributed by atoms with Crippen molar-refractivity contribution in [1.29, 1.82) is 0 Å². The number of hydrazine groups is 1. The number of nitrogens with zero attached hydrogens (tertiary/aromatic N) is 3. The van der Waals surface area contributed by atoms with Crippen molar-refractivity contribution in [1.82, 2.24) is 10.4 Å². The maximum absolute atomic E-state index is 12.9. The SMILES string of the molecule is CC(=O)C1=NN(c2ncc(Br)cc2C(F)F)NC1. The van der Waals surface area contributed by atoms with Gasteiger partial charge in [0.25, 0.3) is 6.43 Å². The van der Waals surface area contributed by atoms with Crippen molar-refractivity contribution in [2.75, 3.05) is 11.7 Å². The molecule has 1 aliphatic heterocycles. The maximum atomic E-state index is 12.9. The zero-order chi connectivity index (χ0) is 13.3. The number of pyridine rings is 1. The van der Waals surface area contributed by atoms with E-state index in [1.807, 2.05) is 0 Å². The van der Waals surface area contributed by atoms with Crippen LogP contribution in [0, 0.1) is 0 Å². The van der Waals surface area contributed by atoms with Gasteiger partial charge in [0.1, 0.15) is 5.71 Å². The van der Waals surface area contributed by atoms with E-state index in [0.29, 0.717) is 4.47 Å². The third-order valence-corrected chi connectivity index (χ3v) is 2.75. The summed E-state index contributed by atoms with van der Waals surface area (Å²) in [4.78, 5) is 15.0. The molecule has 0 amide bonds. The first kappa shape index (κ1) is 13.0. The normalized spacial score (nSPS) is 15.2. The fourth-order valence-corrected chi connectivity index (χ4v) is 1.79. The molecule has 96 valence electrons. The van der Waals surface area contributed by atoms with Gasteiger partial charge >= 0.3 is 0 Å². The van der Waals surface area contributed by atoms with Gasteiger partial charge in [-0.25, -0.2) is 19.2 Å². The Morgan fingerprint density at radius 3 is 2.89 bits per heavy atom. The average Bonchev–Trinajstić information content (AvgIpc) is 2.78. The molecular weight excluding hydrogens is 310 g/mol. The molecule has 0 spiro atoms. The monoisotopic (exact) mass is 318 g/mol. The fourth-order valence-electron chi connectivity index (χ4n) is 1.44. The average molecular weight is 319 g/mol. The topological polar surface area (TPSA) is 57.6 Å². The summed E-state index contributed by atoms with van der Waals surface area (Å²) < 4.78 is 26.2. The molecule has 1 N–H and O–H groups in total. The van der Waals surface area contributed by atoms with Gasteiger partial charge in [-0.2, -0.15) is 10.2 Å². The lowest BCUT2D eigenvalue weighted by Gasteiger charge is -2.16. The molecule has 0 atom stereocenters. The molecule has 1 aromatic rings. The van der Waals surface area contributed by atoms with Crippen LogP contribution < -0.4 is 10.5 Å². The summed E-state index contributed by atoms with van der Waals surface area (Å²) in [6.45, 7) is 1.57. The number of hydrazone groups is 1. The first-order valence-corrected chi connectivity index (χ1v) is 5.84. The maximum Gasteiger partial charge on any atom is 0.267 e. The summed E-state index contributed by atoms with van der Waals surface area (Å²) in [5, 5.41) is 5.01. The molecule has 5 nitrogen and oxygen atoms in total. The summed E-state index contributed by atoms with van der Waals surface area (Å²) in [7, 11) is 0. The van der Waals surface area contributed by atoms with Crippen LogP contribution in [0.4, 0.5) is 14.6 Å². The van der Waals surface area contributed by atoms with Crippen LogP contribution in [0.2, 0.25) is 0 Å². The summed E-state index contributed by atoms with van der Waals surface area (Å²) in [6.07, 6.45) is -1.28. The first-order chi connectivity index (χ1) is 8.49. The molecule has 2 heterocycles. The largest absolute Gasteiger partial charge is 0.293 e. The van der Waals surface area contributed by atoms with Gasteiger partial charge < -0.3 is 0 Å². The van der Waals surface area contributed by atoms with Crippen LogP contribution in [0.3, 0.4) is 0 Å². The van der Waals surface area contributed by atoms with Crippen LogP contribution in [0.1, 0.15) is 18.9 Å². The molecule has 18 heavy (non-hydrogen) atoms. The number of alkyl halides is 2. The number of anilines is 1. The van der Waals surface area contributed by atoms with Crippen molar-refractivity contribution in [3.63, 3.8) is 0 Å². The Morgan fingerprint density at radius 2 is 2.33 bits per heavy atom. The van der Waals surface area contributed by atoms with E-state index in [1.165, 1.54) is 19.2 Å². The van der Waals surface area contributed by atoms with Gasteiger partial charge in [-0.15, -0.1) is 0 Å². The predicted octanol–water partition coefficient (Wildman–Crippen LogP) is 2.05. The number of carbonyl (C=O) groups is 1. The van der Waals surface area contributed by atoms with Gasteiger partial charge in [-0.3, -0.25) is 4.79 Å². The van der Waals surface area contributed by atoms with Crippen molar-refractivity contribution in [2.24, 2.45) is 5.10 Å². The Morgan fingerprint density at radius 1 is 1.61 bits per heavy atom. The minimum atomic E-state index is -2.68. The van der Waals surface area contributed by atoms with Crippen LogP contribution in [-0.4, -0.2) is 23.0 Å². The van der Waals surface area contributed by atoms with Crippen LogP contribution in [-0.2, 0) is 4.79 Å². The molecule has 0 bridgehead atoms. The van der Waals surface area contributed by atoms with Crippen molar-refractivity contribution < 1.29 is 13.6 Å². The number of Topliss-reactive ketones (excluding diaryl/α,β-unsaturated/α-hetero) is 1. The number of rotatable bonds is 3. The lowest BCUT2D eigenvalue weighted by atomic mass is 10.2. The number of halogens is 3. The zero-order valence-corrected chi connectivity index (χ0v) is 10.9. The molecule has 1 aromatic heterocycles. The number of carbonyl (C=O) groups excluding carboxylic acids is 1. The summed E-state index contributed by atoms with van der Waals surface area (Å²) in [5.41, 5.74) is 2.74. The molecule has 2 rings (SSSR count). The van der Waals surface area contributed by atoms with Crippen LogP contribution in [0.25, 0.3) is 0 Å². The summed E-state index contributed by atoms with van der Waals surface area (Å²) in [6, 6.07) is 1.27. The first-order valence-electron chi connectivity index (χ1n) is 5.04. The van der Waals surface area contributed by atoms with Crippen molar-refractivity contribution in [3.05, 3.63) is 22.3 Å². The second-order valence-corrected chi connectivity index (χ2v) is 4.53. The van der Waals surface area contributed by atoms with Gasteiger partial charge in [0.15, 0.2) is 11.6 Å². The molecule has 0 radical (unpaired) electrons. The van der Waals surface area contributed by atoms with Gasteiger partial charge in [0, 0.05) is 17.6 Å². The highest BCUT2D eigenvalue weighted by Gasteiger charge is 2.24. The van der Waals surface area contributed by atoms with Gasteiger partial charge in [-0.05, 0) is 22.0 Å². The van der Waals surface area contributed by atoms with E-state index in [0.717, 1.165) is 5.12 Å². The van der Waals surface area contributed by atoms with Crippen molar-refractivity contribution in [3.8, 4) is 0 Å². The Balaban J connectivity index is 2.38. The lowest BCUT2D eigenvalue weighted by molar-refractivity contribution is -0.111. The number of hydrogen-bond donors (Lipinski definition) is 1. The van der Waals surface area contributed by atoms with Gasteiger partial charge in [0.05, 0.1) is 12.1 Å². The second-order valence-electron chi connectivity index (χ2n) is 3.62. The Bertz CT molecular complexity index is 521. The van der Waals surface area contributed by atoms with E-state index < -0.39 is 6.43 Å². The van der Waals surface area contributed by atoms with E-state index in [4.69, 9.17) is 0 Å². The molecule has 0 saturated heterocycles. The number of nitrogens with one attached hydrogen (secondary N) is 1. The number of hydrogen-bond acceptors (Lipinski definition) is 5. The van der Waals surface area contributed by atoms with E-state index in [-0.39, 0.29) is 29.4 Å². The van der Waals surface area contributed by atoms with E-state index in [2.05, 4.69) is 31.4 Å². The van der Waals surface area contributed by atoms with Gasteiger partial charge in [0.2, 0.25) is 0 Å². The molecular formula is C10H9BrF2N4O.